The van der Waals surface area contributed by atoms with Crippen molar-refractivity contribution in [1.29, 1.82) is 0 Å². The van der Waals surface area contributed by atoms with Crippen LogP contribution in [0.5, 0.6) is 11.5 Å². The highest BCUT2D eigenvalue weighted by Gasteiger charge is 2.42. The molecule has 0 aliphatic heterocycles. The zero-order chi connectivity index (χ0) is 14.3. The van der Waals surface area contributed by atoms with Gasteiger partial charge in [0.05, 0.1) is 5.41 Å². The molecule has 1 saturated carbocycles. The van der Waals surface area contributed by atoms with Crippen LogP contribution in [0.4, 0.5) is 0 Å². The second-order valence-corrected chi connectivity index (χ2v) is 5.54. The Bertz CT molecular complexity index is 640. The molecule has 0 radical (unpaired) electrons. The molecule has 0 bridgehead atoms. The van der Waals surface area contributed by atoms with Crippen molar-refractivity contribution in [3.63, 3.8) is 0 Å². The molecule has 2 aromatic rings. The molecule has 1 aliphatic rings. The molecule has 106 valence electrons. The highest BCUT2D eigenvalue weighted by molar-refractivity contribution is 5.60. The number of rotatable bonds is 2. The summed E-state index contributed by atoms with van der Waals surface area (Å²) >= 11 is 0. The smallest absolute Gasteiger partial charge is 0.234 e. The summed E-state index contributed by atoms with van der Waals surface area (Å²) in [5.74, 6) is 0.528. The van der Waals surface area contributed by atoms with E-state index in [1.165, 1.54) is 12.1 Å². The van der Waals surface area contributed by atoms with Crippen LogP contribution in [-0.4, -0.2) is 26.4 Å². The van der Waals surface area contributed by atoms with Gasteiger partial charge in [0.1, 0.15) is 0 Å². The third-order valence-electron chi connectivity index (χ3n) is 4.18. The minimum atomic E-state index is -0.287. The summed E-state index contributed by atoms with van der Waals surface area (Å²) in [4.78, 5) is 4.40. The summed E-state index contributed by atoms with van der Waals surface area (Å²) < 4.78 is 5.36. The van der Waals surface area contributed by atoms with E-state index in [2.05, 4.69) is 10.1 Å². The second-order valence-electron chi connectivity index (χ2n) is 5.54. The van der Waals surface area contributed by atoms with E-state index in [0.717, 1.165) is 19.3 Å². The van der Waals surface area contributed by atoms with Gasteiger partial charge >= 0.3 is 0 Å². The number of nitrogens with zero attached hydrogens (tertiary/aromatic N) is 2. The van der Waals surface area contributed by atoms with Crippen LogP contribution in [0, 0.1) is 0 Å². The average Bonchev–Trinajstić information content (AvgIpc) is 3.02. The SMILES string of the molecule is CC1(c2nc(-c3ccc(O)c(O)c3)no2)CCCC1N. The quantitative estimate of drug-likeness (QED) is 0.723. The van der Waals surface area contributed by atoms with E-state index >= 15 is 0 Å². The van der Waals surface area contributed by atoms with Gasteiger partial charge in [-0.15, -0.1) is 0 Å². The predicted molar refractivity (Wildman–Crippen MR) is 72.2 cm³/mol. The van der Waals surface area contributed by atoms with Crippen LogP contribution in [0.2, 0.25) is 0 Å². The summed E-state index contributed by atoms with van der Waals surface area (Å²) in [6.07, 6.45) is 2.93. The lowest BCUT2D eigenvalue weighted by Crippen LogP contribution is -2.38. The van der Waals surface area contributed by atoms with Crippen molar-refractivity contribution >= 4 is 0 Å². The van der Waals surface area contributed by atoms with E-state index in [0.29, 0.717) is 17.3 Å². The maximum atomic E-state index is 9.52. The van der Waals surface area contributed by atoms with Gasteiger partial charge in [0.2, 0.25) is 11.7 Å². The van der Waals surface area contributed by atoms with Gasteiger partial charge in [-0.05, 0) is 38.0 Å². The molecule has 20 heavy (non-hydrogen) atoms. The lowest BCUT2D eigenvalue weighted by molar-refractivity contribution is 0.278. The molecular weight excluding hydrogens is 258 g/mol. The molecule has 1 fully saturated rings. The summed E-state index contributed by atoms with van der Waals surface area (Å²) in [5.41, 5.74) is 6.44. The van der Waals surface area contributed by atoms with Crippen molar-refractivity contribution in [1.82, 2.24) is 10.1 Å². The number of nitrogens with two attached hydrogens (primary N) is 1. The van der Waals surface area contributed by atoms with Crippen molar-refractivity contribution in [3.05, 3.63) is 24.1 Å². The van der Waals surface area contributed by atoms with Crippen LogP contribution in [-0.2, 0) is 5.41 Å². The van der Waals surface area contributed by atoms with Gasteiger partial charge in [-0.2, -0.15) is 4.98 Å². The van der Waals surface area contributed by atoms with Gasteiger partial charge in [0, 0.05) is 11.6 Å². The van der Waals surface area contributed by atoms with Crippen molar-refractivity contribution in [2.24, 2.45) is 5.73 Å². The molecule has 6 nitrogen and oxygen atoms in total. The number of aromatic hydroxyl groups is 2. The van der Waals surface area contributed by atoms with Crippen molar-refractivity contribution in [2.75, 3.05) is 0 Å². The van der Waals surface area contributed by atoms with Gasteiger partial charge in [0.25, 0.3) is 0 Å². The molecule has 0 amide bonds. The Hall–Kier alpha value is -2.08. The highest BCUT2D eigenvalue weighted by Crippen LogP contribution is 2.39. The molecule has 2 unspecified atom stereocenters. The summed E-state index contributed by atoms with van der Waals surface area (Å²) in [7, 11) is 0. The monoisotopic (exact) mass is 275 g/mol. The van der Waals surface area contributed by atoms with Gasteiger partial charge in [-0.3, -0.25) is 0 Å². The molecule has 0 saturated heterocycles. The Morgan fingerprint density at radius 1 is 1.35 bits per heavy atom. The van der Waals surface area contributed by atoms with Crippen molar-refractivity contribution in [2.45, 2.75) is 37.6 Å². The first-order valence-corrected chi connectivity index (χ1v) is 6.63. The molecule has 1 aromatic carbocycles. The number of phenolic OH excluding ortho intramolecular Hbond substituents is 2. The number of hydrogen-bond acceptors (Lipinski definition) is 6. The normalized spacial score (nSPS) is 26.0. The lowest BCUT2D eigenvalue weighted by Gasteiger charge is -2.23. The molecule has 3 rings (SSSR count). The maximum Gasteiger partial charge on any atom is 0.234 e. The first kappa shape index (κ1) is 12.9. The molecule has 1 heterocycles. The van der Waals surface area contributed by atoms with Crippen LogP contribution in [0.3, 0.4) is 0 Å². The number of phenols is 2. The van der Waals surface area contributed by atoms with Gasteiger partial charge in [-0.1, -0.05) is 11.6 Å². The van der Waals surface area contributed by atoms with Crippen LogP contribution >= 0.6 is 0 Å². The van der Waals surface area contributed by atoms with E-state index in [1.54, 1.807) is 6.07 Å². The van der Waals surface area contributed by atoms with Crippen molar-refractivity contribution in [3.8, 4) is 22.9 Å². The van der Waals surface area contributed by atoms with Gasteiger partial charge in [0.15, 0.2) is 11.5 Å². The maximum absolute atomic E-state index is 9.52. The van der Waals surface area contributed by atoms with Crippen molar-refractivity contribution < 1.29 is 14.7 Å². The van der Waals surface area contributed by atoms with E-state index in [4.69, 9.17) is 10.3 Å². The van der Waals surface area contributed by atoms with E-state index in [9.17, 15) is 10.2 Å². The molecular formula is C14H17N3O3. The number of benzene rings is 1. The molecule has 1 aliphatic carbocycles. The lowest BCUT2D eigenvalue weighted by atomic mass is 9.85. The minimum Gasteiger partial charge on any atom is -0.504 e. The predicted octanol–water partition coefficient (Wildman–Crippen LogP) is 1.92. The van der Waals surface area contributed by atoms with Crippen LogP contribution in [0.25, 0.3) is 11.4 Å². The highest BCUT2D eigenvalue weighted by atomic mass is 16.5. The fraction of sp³-hybridized carbons (Fsp3) is 0.429. The van der Waals surface area contributed by atoms with E-state index in [-0.39, 0.29) is 23.0 Å². The Labute approximate surface area is 116 Å². The first-order chi connectivity index (χ1) is 9.50. The number of aromatic nitrogens is 2. The fourth-order valence-electron chi connectivity index (χ4n) is 2.69. The van der Waals surface area contributed by atoms with E-state index < -0.39 is 0 Å². The van der Waals surface area contributed by atoms with Crippen LogP contribution in [0.1, 0.15) is 32.1 Å². The average molecular weight is 275 g/mol. The second kappa shape index (κ2) is 4.49. The molecule has 2 atom stereocenters. The van der Waals surface area contributed by atoms with Crippen LogP contribution < -0.4 is 5.73 Å². The zero-order valence-corrected chi connectivity index (χ0v) is 11.2. The Kier molecular flexibility index (Phi) is 2.90. The van der Waals surface area contributed by atoms with E-state index in [1.807, 2.05) is 6.92 Å². The molecule has 1 aromatic heterocycles. The first-order valence-electron chi connectivity index (χ1n) is 6.63. The largest absolute Gasteiger partial charge is 0.504 e. The zero-order valence-electron chi connectivity index (χ0n) is 11.2. The summed E-state index contributed by atoms with van der Waals surface area (Å²) in [5, 5.41) is 22.8. The number of hydrogen-bond donors (Lipinski definition) is 3. The fourth-order valence-corrected chi connectivity index (χ4v) is 2.69. The minimum absolute atomic E-state index is 0.0176. The summed E-state index contributed by atoms with van der Waals surface area (Å²) in [6, 6.07) is 4.44. The Balaban J connectivity index is 1.96. The Morgan fingerprint density at radius 3 is 2.80 bits per heavy atom. The molecule has 0 spiro atoms. The van der Waals surface area contributed by atoms with Crippen LogP contribution in [0.15, 0.2) is 22.7 Å². The molecule has 6 heteroatoms. The Morgan fingerprint density at radius 2 is 2.15 bits per heavy atom. The third kappa shape index (κ3) is 1.92. The van der Waals surface area contributed by atoms with Gasteiger partial charge < -0.3 is 20.5 Å². The topological polar surface area (TPSA) is 105 Å². The standard InChI is InChI=1S/C14H17N3O3/c1-14(6-2-3-11(14)15)13-16-12(17-20-13)8-4-5-9(18)10(19)7-8/h4-5,7,11,18-19H,2-3,6,15H2,1H3. The summed E-state index contributed by atoms with van der Waals surface area (Å²) in [6.45, 7) is 2.04. The van der Waals surface area contributed by atoms with Gasteiger partial charge in [-0.25, -0.2) is 0 Å². The third-order valence-corrected chi connectivity index (χ3v) is 4.18. The molecule has 4 N–H and O–H groups in total.